The van der Waals surface area contributed by atoms with Crippen molar-refractivity contribution < 1.29 is 14.4 Å². The van der Waals surface area contributed by atoms with Gasteiger partial charge in [-0.15, -0.1) is 0 Å². The van der Waals surface area contributed by atoms with Gasteiger partial charge in [0.2, 0.25) is 11.8 Å². The number of nitrogens with one attached hydrogen (secondary N) is 1. The zero-order chi connectivity index (χ0) is 28.5. The number of pyridine rings is 1. The van der Waals surface area contributed by atoms with Gasteiger partial charge in [0.05, 0.1) is 17.6 Å². The third-order valence-corrected chi connectivity index (χ3v) is 7.90. The number of hydrogen-bond donors (Lipinski definition) is 1. The Morgan fingerprint density at radius 2 is 1.80 bits per heavy atom. The number of fused-ring (bicyclic) bond motifs is 3. The van der Waals surface area contributed by atoms with E-state index >= 15 is 0 Å². The first-order chi connectivity index (χ1) is 19.9. The van der Waals surface area contributed by atoms with E-state index in [-0.39, 0.29) is 24.1 Å². The van der Waals surface area contributed by atoms with Crippen LogP contribution in [-0.2, 0) is 16.1 Å². The van der Waals surface area contributed by atoms with E-state index < -0.39 is 12.1 Å². The van der Waals surface area contributed by atoms with Crippen molar-refractivity contribution >= 4 is 35.0 Å². The highest BCUT2D eigenvalue weighted by Crippen LogP contribution is 2.23. The van der Waals surface area contributed by atoms with E-state index in [0.717, 1.165) is 12.0 Å². The topological polar surface area (TPSA) is 118 Å². The molecule has 0 radical (unpaired) electrons. The first-order valence-electron chi connectivity index (χ1n) is 13.9. The fourth-order valence-corrected chi connectivity index (χ4v) is 5.75. The van der Waals surface area contributed by atoms with Crippen LogP contribution in [0.4, 0.5) is 0 Å². The molecule has 2 aliphatic rings. The van der Waals surface area contributed by atoms with Crippen LogP contribution in [0.3, 0.4) is 0 Å². The third kappa shape index (κ3) is 5.54. The van der Waals surface area contributed by atoms with Gasteiger partial charge in [-0.3, -0.25) is 14.4 Å². The van der Waals surface area contributed by atoms with E-state index in [1.54, 1.807) is 43.4 Å². The van der Waals surface area contributed by atoms with Gasteiger partial charge in [0, 0.05) is 44.0 Å². The first kappa shape index (κ1) is 26.9. The molecule has 0 spiro atoms. The predicted octanol–water partition coefficient (Wildman–Crippen LogP) is 3.35. The standard InChI is InChI=1S/C29H31ClN8O3/c1-19-27-33-26(20-7-3-2-4-8-20)34-38(27)16-15-35(29(41)22-18-36-17-21(30)11-12-24(36)32-22)13-6-10-25(39)37-14-5-9-23(37)28(40)31-19/h2-4,7-8,11-12,17-19,23H,5-6,9-10,13-16H2,1H3,(H,31,40)/t19-,23-/m0/s1. The second kappa shape index (κ2) is 11.3. The smallest absolute Gasteiger partial charge is 0.274 e. The third-order valence-electron chi connectivity index (χ3n) is 7.68. The van der Waals surface area contributed by atoms with Crippen LogP contribution in [0.2, 0.25) is 5.02 Å². The molecule has 1 aromatic carbocycles. The summed E-state index contributed by atoms with van der Waals surface area (Å²) < 4.78 is 3.49. The van der Waals surface area contributed by atoms with E-state index in [2.05, 4.69) is 10.3 Å². The van der Waals surface area contributed by atoms with Crippen molar-refractivity contribution in [3.05, 3.63) is 71.4 Å². The van der Waals surface area contributed by atoms with Gasteiger partial charge in [-0.2, -0.15) is 5.10 Å². The van der Waals surface area contributed by atoms with Gasteiger partial charge in [0.15, 0.2) is 5.82 Å². The van der Waals surface area contributed by atoms with Crippen LogP contribution in [0.25, 0.3) is 17.0 Å². The average Bonchev–Trinajstić information content (AvgIpc) is 3.72. The number of benzene rings is 1. The van der Waals surface area contributed by atoms with Crippen LogP contribution < -0.4 is 5.32 Å². The highest BCUT2D eigenvalue weighted by molar-refractivity contribution is 6.30. The zero-order valence-electron chi connectivity index (χ0n) is 22.7. The quantitative estimate of drug-likeness (QED) is 0.392. The number of nitrogens with zero attached hydrogens (tertiary/aromatic N) is 7. The molecule has 4 aromatic rings. The van der Waals surface area contributed by atoms with Crippen LogP contribution in [0.15, 0.2) is 54.9 Å². The van der Waals surface area contributed by atoms with Gasteiger partial charge in [0.25, 0.3) is 5.91 Å². The molecule has 2 atom stereocenters. The van der Waals surface area contributed by atoms with E-state index in [9.17, 15) is 14.4 Å². The van der Waals surface area contributed by atoms with Crippen molar-refractivity contribution in [2.24, 2.45) is 0 Å². The zero-order valence-corrected chi connectivity index (χ0v) is 23.5. The van der Waals surface area contributed by atoms with E-state index in [4.69, 9.17) is 21.7 Å². The molecule has 12 heteroatoms. The number of imidazole rings is 1. The number of carbonyl (C=O) groups excluding carboxylic acids is 3. The SMILES string of the molecule is C[C@@H]1NC(=O)[C@@H]2CCCN2C(=O)CCCN(C(=O)c2cn3cc(Cl)ccc3n2)CCn2nc(-c3ccccc3)nc21. The van der Waals surface area contributed by atoms with Crippen molar-refractivity contribution in [2.45, 2.75) is 51.2 Å². The van der Waals surface area contributed by atoms with E-state index in [0.29, 0.717) is 67.0 Å². The molecule has 0 bridgehead atoms. The monoisotopic (exact) mass is 574 g/mol. The lowest BCUT2D eigenvalue weighted by atomic mass is 10.1. The van der Waals surface area contributed by atoms with Gasteiger partial charge < -0.3 is 19.5 Å². The van der Waals surface area contributed by atoms with E-state index in [1.165, 1.54) is 0 Å². The largest absolute Gasteiger partial charge is 0.345 e. The van der Waals surface area contributed by atoms with Crippen LogP contribution >= 0.6 is 11.6 Å². The summed E-state index contributed by atoms with van der Waals surface area (Å²) in [6.45, 7) is 3.44. The molecule has 11 nitrogen and oxygen atoms in total. The van der Waals surface area contributed by atoms with Gasteiger partial charge in [-0.25, -0.2) is 14.6 Å². The van der Waals surface area contributed by atoms with Crippen molar-refractivity contribution in [3.8, 4) is 11.4 Å². The highest BCUT2D eigenvalue weighted by atomic mass is 35.5. The molecule has 212 valence electrons. The Balaban J connectivity index is 1.34. The molecule has 1 saturated heterocycles. The minimum absolute atomic E-state index is 0.0725. The number of halogens is 1. The lowest BCUT2D eigenvalue weighted by Gasteiger charge is -2.27. The number of aromatic nitrogens is 5. The summed E-state index contributed by atoms with van der Waals surface area (Å²) in [6, 6.07) is 12.2. The molecule has 3 amide bonds. The lowest BCUT2D eigenvalue weighted by Crippen LogP contribution is -2.47. The fourth-order valence-electron chi connectivity index (χ4n) is 5.59. The van der Waals surface area contributed by atoms with Crippen molar-refractivity contribution in [3.63, 3.8) is 0 Å². The maximum Gasteiger partial charge on any atom is 0.274 e. The second-order valence-electron chi connectivity index (χ2n) is 10.5. The molecule has 1 N–H and O–H groups in total. The Kier molecular flexibility index (Phi) is 7.44. The molecule has 6 rings (SSSR count). The fraction of sp³-hybridized carbons (Fsp3) is 0.379. The van der Waals surface area contributed by atoms with Gasteiger partial charge in [0.1, 0.15) is 23.2 Å². The summed E-state index contributed by atoms with van der Waals surface area (Å²) >= 11 is 6.13. The van der Waals surface area contributed by atoms with Gasteiger partial charge >= 0.3 is 0 Å². The van der Waals surface area contributed by atoms with Gasteiger partial charge in [-0.05, 0) is 38.3 Å². The van der Waals surface area contributed by atoms with Crippen molar-refractivity contribution in [1.29, 1.82) is 0 Å². The summed E-state index contributed by atoms with van der Waals surface area (Å²) in [5.41, 5.74) is 1.77. The summed E-state index contributed by atoms with van der Waals surface area (Å²) in [7, 11) is 0. The molecular formula is C29H31ClN8O3. The lowest BCUT2D eigenvalue weighted by molar-refractivity contribution is -0.138. The molecule has 0 aliphatic carbocycles. The Bertz CT molecular complexity index is 1600. The molecule has 2 aliphatic heterocycles. The van der Waals surface area contributed by atoms with Crippen LogP contribution in [-0.4, -0.2) is 77.3 Å². The number of amides is 3. The maximum absolute atomic E-state index is 13.7. The summed E-state index contributed by atoms with van der Waals surface area (Å²) in [4.78, 5) is 52.8. The number of rotatable bonds is 2. The number of carbonyl (C=O) groups is 3. The summed E-state index contributed by atoms with van der Waals surface area (Å²) in [5, 5.41) is 8.38. The number of hydrogen-bond acceptors (Lipinski definition) is 6. The van der Waals surface area contributed by atoms with Crippen LogP contribution in [0, 0.1) is 0 Å². The molecule has 3 aromatic heterocycles. The Hall–Kier alpha value is -4.25. The van der Waals surface area contributed by atoms with Crippen molar-refractivity contribution in [2.75, 3.05) is 19.6 Å². The Morgan fingerprint density at radius 3 is 2.63 bits per heavy atom. The van der Waals surface area contributed by atoms with Crippen LogP contribution in [0.1, 0.15) is 55.0 Å². The minimum atomic E-state index is -0.514. The highest BCUT2D eigenvalue weighted by Gasteiger charge is 2.35. The maximum atomic E-state index is 13.7. The minimum Gasteiger partial charge on any atom is -0.345 e. The summed E-state index contributed by atoms with van der Waals surface area (Å²) in [6.07, 6.45) is 5.48. The molecule has 0 unspecified atom stereocenters. The predicted molar refractivity (Wildman–Crippen MR) is 152 cm³/mol. The molecule has 1 fully saturated rings. The Morgan fingerprint density at radius 1 is 0.976 bits per heavy atom. The average molecular weight is 575 g/mol. The molecule has 41 heavy (non-hydrogen) atoms. The van der Waals surface area contributed by atoms with E-state index in [1.807, 2.05) is 37.3 Å². The normalized spacial score (nSPS) is 20.4. The molecule has 5 heterocycles. The van der Waals surface area contributed by atoms with Crippen LogP contribution in [0.5, 0.6) is 0 Å². The Labute approximate surface area is 242 Å². The first-order valence-corrected chi connectivity index (χ1v) is 14.3. The second-order valence-corrected chi connectivity index (χ2v) is 10.9. The molecular weight excluding hydrogens is 544 g/mol. The van der Waals surface area contributed by atoms with Gasteiger partial charge in [-0.1, -0.05) is 41.9 Å². The van der Waals surface area contributed by atoms with Crippen molar-refractivity contribution in [1.82, 2.24) is 39.3 Å². The summed E-state index contributed by atoms with van der Waals surface area (Å²) in [5.74, 6) is 0.630. The molecule has 0 saturated carbocycles.